The average Bonchev–Trinajstić information content (AvgIpc) is 2.97. The first kappa shape index (κ1) is 27.9. The molecule has 0 aromatic carbocycles. The Balaban J connectivity index is -0.0000000927. The summed E-state index contributed by atoms with van der Waals surface area (Å²) < 4.78 is 4.40. The zero-order valence-corrected chi connectivity index (χ0v) is 14.2. The van der Waals surface area contributed by atoms with Crippen LogP contribution in [0.2, 0.25) is 0 Å². The summed E-state index contributed by atoms with van der Waals surface area (Å²) in [4.78, 5) is 16.2. The monoisotopic (exact) mass is 306 g/mol. The lowest BCUT2D eigenvalue weighted by Gasteiger charge is -1.89. The van der Waals surface area contributed by atoms with Gasteiger partial charge >= 0.3 is 5.97 Å². The predicted octanol–water partition coefficient (Wildman–Crippen LogP) is 2.74. The molecule has 0 spiro atoms. The van der Waals surface area contributed by atoms with Crippen molar-refractivity contribution in [3.63, 3.8) is 0 Å². The predicted molar refractivity (Wildman–Crippen MR) is 87.1 cm³/mol. The molecule has 1 aromatic rings. The van der Waals surface area contributed by atoms with E-state index in [1.807, 2.05) is 0 Å². The van der Waals surface area contributed by atoms with Crippen LogP contribution in [-0.2, 0) is 9.53 Å². The number of aliphatic hydroxyl groups is 1. The fourth-order valence-corrected chi connectivity index (χ4v) is 0.918. The van der Waals surface area contributed by atoms with E-state index < -0.39 is 0 Å². The molecule has 0 amide bonds. The van der Waals surface area contributed by atoms with Crippen molar-refractivity contribution in [3.8, 4) is 0 Å². The molecule has 0 aliphatic heterocycles. The highest BCUT2D eigenvalue weighted by Gasteiger charge is 1.81. The number of ether oxygens (including phenoxy) is 1. The van der Waals surface area contributed by atoms with Crippen LogP contribution in [0.5, 0.6) is 0 Å². The molecule has 0 atom stereocenters. The number of carbonyl (C=O) groups excluding carboxylic acids is 1. The number of H-pyrrole nitrogens is 1. The third kappa shape index (κ3) is 55.6. The highest BCUT2D eigenvalue weighted by Crippen LogP contribution is 1.95. The summed E-state index contributed by atoms with van der Waals surface area (Å²) in [6.45, 7) is 10.0. The van der Waals surface area contributed by atoms with Crippen molar-refractivity contribution in [2.45, 2.75) is 60.3 Å². The maximum Gasteiger partial charge on any atom is 0.302 e. The topological polar surface area (TPSA) is 107 Å². The number of carbonyl (C=O) groups is 1. The van der Waals surface area contributed by atoms with Gasteiger partial charge in [-0.25, -0.2) is 4.98 Å². The van der Waals surface area contributed by atoms with E-state index in [1.165, 1.54) is 32.6 Å². The van der Waals surface area contributed by atoms with Crippen LogP contribution in [-0.4, -0.2) is 39.7 Å². The molecule has 0 fully saturated rings. The van der Waals surface area contributed by atoms with Gasteiger partial charge in [-0.1, -0.05) is 39.5 Å². The van der Waals surface area contributed by atoms with Gasteiger partial charge in [0, 0.05) is 25.9 Å². The maximum atomic E-state index is 9.82. The number of aromatic amines is 1. The van der Waals surface area contributed by atoms with Gasteiger partial charge in [0.2, 0.25) is 0 Å². The van der Waals surface area contributed by atoms with E-state index in [9.17, 15) is 4.79 Å². The normalized spacial score (nSPS) is 7.52. The van der Waals surface area contributed by atoms with Gasteiger partial charge in [-0.05, 0) is 13.8 Å². The molecule has 4 N–H and O–H groups in total. The van der Waals surface area contributed by atoms with Gasteiger partial charge < -0.3 is 20.3 Å². The van der Waals surface area contributed by atoms with E-state index in [-0.39, 0.29) is 18.1 Å². The number of rotatable bonds is 4. The summed E-state index contributed by atoms with van der Waals surface area (Å²) in [6, 6.07) is 0. The van der Waals surface area contributed by atoms with Crippen LogP contribution in [0.1, 0.15) is 60.3 Å². The number of aromatic nitrogens is 2. The second-order valence-corrected chi connectivity index (χ2v) is 3.71. The summed E-state index contributed by atoms with van der Waals surface area (Å²) in [6.07, 6.45) is 10.6. The van der Waals surface area contributed by atoms with Gasteiger partial charge in [-0.15, -0.1) is 0 Å². The number of hydrogen-bond acceptors (Lipinski definition) is 4. The first-order chi connectivity index (χ1) is 9.60. The number of nitrogens with one attached hydrogen (secondary N) is 1. The minimum Gasteiger partial charge on any atom is -0.466 e. The zero-order chi connectivity index (χ0) is 16.1. The van der Waals surface area contributed by atoms with Crippen LogP contribution >= 0.6 is 0 Å². The van der Waals surface area contributed by atoms with E-state index in [0.717, 1.165) is 0 Å². The van der Waals surface area contributed by atoms with Crippen LogP contribution in [0, 0.1) is 0 Å². The Bertz CT molecular complexity index is 221. The molecule has 0 bridgehead atoms. The molecule has 0 aliphatic carbocycles. The van der Waals surface area contributed by atoms with Gasteiger partial charge in [-0.3, -0.25) is 4.79 Å². The molecular weight excluding hydrogens is 272 g/mol. The van der Waals surface area contributed by atoms with Gasteiger partial charge in [0.05, 0.1) is 12.9 Å². The summed E-state index contributed by atoms with van der Waals surface area (Å²) in [5.41, 5.74) is 0. The fraction of sp³-hybridized carbons (Fsp3) is 0.733. The number of aliphatic hydroxyl groups excluding tert-OH is 1. The maximum absolute atomic E-state index is 9.82. The standard InChI is InChI=1S/C6H14.C4H8O2.C3H4N2.C2H6O.H2O/c1-3-5-6-4-2;1-3-6-4(2)5;1-2-5-3-4-1;1-2-3;/h3-6H2,1-2H3;3H2,1-2H3;1-3H,(H,4,5);3H,2H2,1H3;1H2. The third-order valence-electron chi connectivity index (χ3n) is 1.71. The van der Waals surface area contributed by atoms with E-state index >= 15 is 0 Å². The van der Waals surface area contributed by atoms with Crippen molar-refractivity contribution < 1.29 is 20.1 Å². The molecule has 0 saturated carbocycles. The second kappa shape index (κ2) is 31.2. The molecule has 6 nitrogen and oxygen atoms in total. The smallest absolute Gasteiger partial charge is 0.302 e. The molecule has 1 aromatic heterocycles. The summed E-state index contributed by atoms with van der Waals surface area (Å²) in [7, 11) is 0. The molecule has 0 radical (unpaired) electrons. The fourth-order valence-electron chi connectivity index (χ4n) is 0.918. The minimum absolute atomic E-state index is 0. The Morgan fingerprint density at radius 2 is 1.67 bits per heavy atom. The van der Waals surface area contributed by atoms with E-state index in [0.29, 0.717) is 6.61 Å². The van der Waals surface area contributed by atoms with Crippen LogP contribution in [0.25, 0.3) is 0 Å². The van der Waals surface area contributed by atoms with E-state index in [4.69, 9.17) is 5.11 Å². The Labute approximate surface area is 129 Å². The lowest BCUT2D eigenvalue weighted by molar-refractivity contribution is -0.140. The average molecular weight is 306 g/mol. The van der Waals surface area contributed by atoms with E-state index in [1.54, 1.807) is 32.6 Å². The van der Waals surface area contributed by atoms with Crippen molar-refractivity contribution in [1.29, 1.82) is 0 Å². The summed E-state index contributed by atoms with van der Waals surface area (Å²) in [5, 5.41) is 7.57. The number of nitrogens with zero attached hydrogens (tertiary/aromatic N) is 1. The summed E-state index contributed by atoms with van der Waals surface area (Å²) in [5.74, 6) is -0.211. The highest BCUT2D eigenvalue weighted by molar-refractivity contribution is 5.65. The Hall–Kier alpha value is -1.40. The Kier molecular flexibility index (Phi) is 41.3. The van der Waals surface area contributed by atoms with Crippen LogP contribution in [0.15, 0.2) is 18.7 Å². The first-order valence-corrected chi connectivity index (χ1v) is 7.27. The molecule has 6 heteroatoms. The quantitative estimate of drug-likeness (QED) is 0.658. The van der Waals surface area contributed by atoms with Crippen molar-refractivity contribution >= 4 is 5.97 Å². The largest absolute Gasteiger partial charge is 0.466 e. The van der Waals surface area contributed by atoms with Crippen LogP contribution in [0.3, 0.4) is 0 Å². The van der Waals surface area contributed by atoms with Crippen molar-refractivity contribution in [2.75, 3.05) is 13.2 Å². The molecular formula is C15H34N2O4. The van der Waals surface area contributed by atoms with Gasteiger partial charge in [0.15, 0.2) is 0 Å². The van der Waals surface area contributed by atoms with Crippen LogP contribution in [0.4, 0.5) is 0 Å². The Morgan fingerprint density at radius 3 is 1.76 bits per heavy atom. The number of esters is 1. The molecule has 128 valence electrons. The lowest BCUT2D eigenvalue weighted by atomic mass is 10.2. The molecule has 0 aliphatic rings. The van der Waals surface area contributed by atoms with Gasteiger partial charge in [0.25, 0.3) is 0 Å². The molecule has 21 heavy (non-hydrogen) atoms. The molecule has 1 heterocycles. The third-order valence-corrected chi connectivity index (χ3v) is 1.71. The lowest BCUT2D eigenvalue weighted by Crippen LogP contribution is -1.95. The summed E-state index contributed by atoms with van der Waals surface area (Å²) >= 11 is 0. The first-order valence-electron chi connectivity index (χ1n) is 7.27. The number of hydrogen-bond donors (Lipinski definition) is 2. The second-order valence-electron chi connectivity index (χ2n) is 3.71. The highest BCUT2D eigenvalue weighted by atomic mass is 16.5. The van der Waals surface area contributed by atoms with Crippen molar-refractivity contribution in [1.82, 2.24) is 9.97 Å². The molecule has 1 rings (SSSR count). The number of unbranched alkanes of at least 4 members (excludes halogenated alkanes) is 3. The van der Waals surface area contributed by atoms with Gasteiger partial charge in [-0.2, -0.15) is 0 Å². The molecule has 0 saturated heterocycles. The molecule has 0 unspecified atom stereocenters. The van der Waals surface area contributed by atoms with Gasteiger partial charge in [0.1, 0.15) is 0 Å². The minimum atomic E-state index is -0.211. The van der Waals surface area contributed by atoms with Crippen molar-refractivity contribution in [3.05, 3.63) is 18.7 Å². The SMILES string of the molecule is CCCCCC.CCO.CCOC(C)=O.O.c1c[nH]cn1. The van der Waals surface area contributed by atoms with Crippen molar-refractivity contribution in [2.24, 2.45) is 0 Å². The zero-order valence-electron chi connectivity index (χ0n) is 14.2. The van der Waals surface area contributed by atoms with E-state index in [2.05, 4.69) is 28.6 Å². The van der Waals surface area contributed by atoms with Crippen LogP contribution < -0.4 is 0 Å². The Morgan fingerprint density at radius 1 is 1.19 bits per heavy atom. The number of imidazole rings is 1.